The molecule has 0 aromatic rings. The third-order valence-corrected chi connectivity index (χ3v) is 35.0. The fraction of sp³-hybridized carbons (Fsp3) is 0.636. The molecule has 0 aromatic carbocycles. The Morgan fingerprint density at radius 2 is 1.27 bits per heavy atom. The van der Waals surface area contributed by atoms with Crippen molar-refractivity contribution in [1.29, 1.82) is 0 Å². The molecule has 4 atom stereocenters. The molecule has 4 aliphatic rings. The molecule has 0 N–H and O–H groups in total. The van der Waals surface area contributed by atoms with Crippen LogP contribution in [0.4, 0.5) is 0 Å². The Labute approximate surface area is 181 Å². The van der Waals surface area contributed by atoms with Gasteiger partial charge < -0.3 is 24.8 Å². The maximum absolute atomic E-state index is 2.57. The minimum atomic E-state index is -1.43. The zero-order valence-corrected chi connectivity index (χ0v) is 21.4. The summed E-state index contributed by atoms with van der Waals surface area (Å²) in [6.45, 7) is 5.09. The summed E-state index contributed by atoms with van der Waals surface area (Å²) < 4.78 is 2.24. The van der Waals surface area contributed by atoms with E-state index in [9.17, 15) is 0 Å². The van der Waals surface area contributed by atoms with Crippen molar-refractivity contribution < 1.29 is 45.7 Å². The zero-order chi connectivity index (χ0) is 16.5. The van der Waals surface area contributed by atoms with E-state index in [1.54, 1.807) is 24.9 Å². The Morgan fingerprint density at radius 3 is 1.69 bits per heavy atom. The molecule has 0 aromatic heterocycles. The van der Waals surface area contributed by atoms with Crippen molar-refractivity contribution in [2.24, 2.45) is 11.8 Å². The van der Waals surface area contributed by atoms with Gasteiger partial charge in [-0.2, -0.15) is 0 Å². The summed E-state index contributed by atoms with van der Waals surface area (Å²) in [4.78, 5) is 0. The number of hydrogen-bond acceptors (Lipinski definition) is 0. The van der Waals surface area contributed by atoms with Crippen molar-refractivity contribution >= 4 is 5.92 Å². The maximum Gasteiger partial charge on any atom is -1.00 e. The molecular formula is C22H33Cl2SiZr. The van der Waals surface area contributed by atoms with E-state index in [4.69, 9.17) is 0 Å². The summed E-state index contributed by atoms with van der Waals surface area (Å²) in [5, 5.41) is 0. The van der Waals surface area contributed by atoms with Crippen LogP contribution in [0.25, 0.3) is 0 Å². The molecule has 2 fully saturated rings. The second-order valence-electron chi connectivity index (χ2n) is 8.33. The second-order valence-corrected chi connectivity index (χ2v) is 27.2. The van der Waals surface area contributed by atoms with E-state index in [1.165, 1.54) is 25.7 Å². The van der Waals surface area contributed by atoms with Crippen molar-refractivity contribution in [3.8, 4) is 0 Å². The number of rotatable bonds is 5. The van der Waals surface area contributed by atoms with Gasteiger partial charge in [-0.1, -0.05) is 0 Å². The van der Waals surface area contributed by atoms with Gasteiger partial charge in [0.1, 0.15) is 0 Å². The molecule has 4 unspecified atom stereocenters. The summed E-state index contributed by atoms with van der Waals surface area (Å²) >= 11 is -1.43. The molecule has 4 heteroatoms. The number of allylic oxidation sites excluding steroid dienone is 8. The van der Waals surface area contributed by atoms with Gasteiger partial charge >= 0.3 is 158 Å². The first-order valence-electron chi connectivity index (χ1n) is 10.4. The topological polar surface area (TPSA) is 0 Å². The van der Waals surface area contributed by atoms with Crippen LogP contribution in [0, 0.1) is 11.8 Å². The molecule has 0 heterocycles. The molecule has 0 amide bonds. The third-order valence-electron chi connectivity index (χ3n) is 7.31. The fourth-order valence-corrected chi connectivity index (χ4v) is 35.5. The van der Waals surface area contributed by atoms with Gasteiger partial charge in [0.25, 0.3) is 0 Å². The first kappa shape index (κ1) is 22.9. The predicted octanol–water partition coefficient (Wildman–Crippen LogP) is 0.546. The molecule has 2 saturated carbocycles. The van der Waals surface area contributed by atoms with E-state index in [1.807, 2.05) is 11.1 Å². The Morgan fingerprint density at radius 1 is 0.808 bits per heavy atom. The molecular weight excluding hydrogens is 454 g/mol. The molecule has 4 rings (SSSR count). The summed E-state index contributed by atoms with van der Waals surface area (Å²) in [7, 11) is 0. The summed E-state index contributed by atoms with van der Waals surface area (Å²) in [5.41, 5.74) is 3.89. The monoisotopic (exact) mass is 485 g/mol. The summed E-state index contributed by atoms with van der Waals surface area (Å²) in [6.07, 6.45) is 23.6. The van der Waals surface area contributed by atoms with E-state index < -0.39 is 26.8 Å². The van der Waals surface area contributed by atoms with Crippen LogP contribution < -0.4 is 24.8 Å². The van der Waals surface area contributed by atoms with Crippen LogP contribution in [0.5, 0.6) is 0 Å². The third kappa shape index (κ3) is 4.29. The van der Waals surface area contributed by atoms with Crippen molar-refractivity contribution in [3.05, 3.63) is 47.6 Å². The van der Waals surface area contributed by atoms with E-state index in [-0.39, 0.29) is 24.8 Å². The molecule has 0 spiro atoms. The molecule has 4 aliphatic carbocycles. The van der Waals surface area contributed by atoms with Gasteiger partial charge in [0, 0.05) is 0 Å². The summed E-state index contributed by atoms with van der Waals surface area (Å²) in [6, 6.07) is 3.17. The van der Waals surface area contributed by atoms with Crippen LogP contribution in [0.1, 0.15) is 52.4 Å². The summed E-state index contributed by atoms with van der Waals surface area (Å²) in [5.74, 6) is 1.40. The Bertz CT molecular complexity index is 545. The van der Waals surface area contributed by atoms with E-state index in [0.717, 1.165) is 19.1 Å². The molecule has 143 valence electrons. The van der Waals surface area contributed by atoms with Gasteiger partial charge in [-0.25, -0.2) is 0 Å². The van der Waals surface area contributed by atoms with Gasteiger partial charge in [0.05, 0.1) is 0 Å². The minimum absolute atomic E-state index is 0. The van der Waals surface area contributed by atoms with Gasteiger partial charge in [0.2, 0.25) is 0 Å². The first-order valence-corrected chi connectivity index (χ1v) is 19.7. The van der Waals surface area contributed by atoms with E-state index >= 15 is 0 Å². The molecule has 0 saturated heterocycles. The van der Waals surface area contributed by atoms with E-state index in [2.05, 4.69) is 50.3 Å². The smallest absolute Gasteiger partial charge is 1.00 e. The van der Waals surface area contributed by atoms with Crippen LogP contribution in [-0.2, 0) is 20.9 Å². The SMILES string of the molecule is CC[SiH](CC)[Zr+2]([CH]1CCC2CC=CC=C21)[CH]1CCC2CC=CC=C21.[Cl-].[Cl-]. The van der Waals surface area contributed by atoms with Gasteiger partial charge in [-0.3, -0.25) is 0 Å². The average Bonchev–Trinajstić information content (AvgIpc) is 3.24. The zero-order valence-electron chi connectivity index (χ0n) is 16.3. The van der Waals surface area contributed by atoms with Gasteiger partial charge in [0.15, 0.2) is 0 Å². The molecule has 0 radical (unpaired) electrons. The van der Waals surface area contributed by atoms with Crippen LogP contribution in [0.2, 0.25) is 19.3 Å². The van der Waals surface area contributed by atoms with Crippen molar-refractivity contribution in [2.45, 2.75) is 71.7 Å². The van der Waals surface area contributed by atoms with Crippen molar-refractivity contribution in [3.63, 3.8) is 0 Å². The number of fused-ring (bicyclic) bond motifs is 2. The Balaban J connectivity index is 0.00000121. The standard InChI is InChI=1S/2C9H11.C4H11Si.2ClH.Zr/c2*1-2-5-9-7-3-6-8(9)4-1;1-3-5-4-2;;;/h2*1-2,4,6,9H,3,5,7H2;5H,3-4H2,1-2H3;2*1H;/q;;;;;+2/p-2. The van der Waals surface area contributed by atoms with Crippen molar-refractivity contribution in [2.75, 3.05) is 0 Å². The predicted molar refractivity (Wildman–Crippen MR) is 105 cm³/mol. The van der Waals surface area contributed by atoms with Crippen LogP contribution in [-0.4, -0.2) is 5.92 Å². The largest absolute Gasteiger partial charge is 1.00 e. The molecule has 26 heavy (non-hydrogen) atoms. The maximum atomic E-state index is 2.57. The second kappa shape index (κ2) is 10.4. The van der Waals surface area contributed by atoms with E-state index in [0.29, 0.717) is 0 Å². The Hall–Kier alpha value is 0.640. The quantitative estimate of drug-likeness (QED) is 0.497. The number of hydrogen-bond donors (Lipinski definition) is 0. The number of halogens is 2. The van der Waals surface area contributed by atoms with Crippen LogP contribution >= 0.6 is 0 Å². The molecule has 0 aliphatic heterocycles. The first-order chi connectivity index (χ1) is 11.8. The van der Waals surface area contributed by atoms with Crippen LogP contribution in [0.15, 0.2) is 47.6 Å². The fourth-order valence-electron chi connectivity index (χ4n) is 6.12. The Kier molecular flexibility index (Phi) is 9.19. The molecule has 0 nitrogen and oxygen atoms in total. The van der Waals surface area contributed by atoms with Crippen molar-refractivity contribution in [1.82, 2.24) is 0 Å². The van der Waals surface area contributed by atoms with Gasteiger partial charge in [-0.05, 0) is 0 Å². The normalized spacial score (nSPS) is 31.5. The van der Waals surface area contributed by atoms with Gasteiger partial charge in [-0.15, -0.1) is 0 Å². The molecule has 0 bridgehead atoms. The average molecular weight is 488 g/mol. The van der Waals surface area contributed by atoms with Crippen LogP contribution in [0.3, 0.4) is 0 Å². The minimum Gasteiger partial charge on any atom is -1.00 e.